The molecule has 0 aromatic heterocycles. The number of ether oxygens (including phenoxy) is 1. The van der Waals surface area contributed by atoms with E-state index in [2.05, 4.69) is 0 Å². The third kappa shape index (κ3) is 1.94. The number of aliphatic hydroxyl groups excluding tert-OH is 1. The van der Waals surface area contributed by atoms with E-state index in [0.29, 0.717) is 31.3 Å². The summed E-state index contributed by atoms with van der Waals surface area (Å²) in [6.45, 7) is 0. The fraction of sp³-hybridized carbons (Fsp3) is 0.562. The lowest BCUT2D eigenvalue weighted by molar-refractivity contribution is -0.157. The summed E-state index contributed by atoms with van der Waals surface area (Å²) in [5, 5.41) is 10.1. The number of carbonyl (C=O) groups excluding carboxylic acids is 3. The van der Waals surface area contributed by atoms with Crippen molar-refractivity contribution < 1.29 is 24.2 Å². The lowest BCUT2D eigenvalue weighted by Gasteiger charge is -2.28. The Kier molecular flexibility index (Phi) is 3.44. The number of nitrogens with zero attached hydrogens (tertiary/aromatic N) is 1. The van der Waals surface area contributed by atoms with Crippen molar-refractivity contribution in [3.8, 4) is 0 Å². The summed E-state index contributed by atoms with van der Waals surface area (Å²) < 4.78 is 4.83. The van der Waals surface area contributed by atoms with Crippen molar-refractivity contribution in [2.45, 2.75) is 31.9 Å². The first kappa shape index (κ1) is 15.0. The third-order valence-electron chi connectivity index (χ3n) is 5.07. The van der Waals surface area contributed by atoms with Gasteiger partial charge in [-0.1, -0.05) is 6.08 Å². The molecule has 1 N–H and O–H groups in total. The highest BCUT2D eigenvalue weighted by Crippen LogP contribution is 2.47. The first-order chi connectivity index (χ1) is 10.4. The zero-order valence-electron chi connectivity index (χ0n) is 12.7. The number of aliphatic hydroxyl groups is 1. The van der Waals surface area contributed by atoms with Crippen molar-refractivity contribution in [1.82, 2.24) is 4.90 Å². The molecule has 0 aromatic carbocycles. The number of likely N-dealkylation sites (N-methyl/N-ethyl adjacent to an activating group) is 1. The van der Waals surface area contributed by atoms with Gasteiger partial charge in [0.25, 0.3) is 5.91 Å². The molecule has 0 bridgehead atoms. The summed E-state index contributed by atoms with van der Waals surface area (Å²) >= 11 is 0. The predicted octanol–water partition coefficient (Wildman–Crippen LogP) is 0.562. The molecule has 3 aliphatic rings. The Morgan fingerprint density at radius 1 is 1.45 bits per heavy atom. The topological polar surface area (TPSA) is 83.9 Å². The minimum atomic E-state index is -1.15. The van der Waals surface area contributed by atoms with Crippen LogP contribution in [0.4, 0.5) is 0 Å². The second-order valence-electron chi connectivity index (χ2n) is 6.32. The number of rotatable bonds is 3. The Morgan fingerprint density at radius 2 is 2.18 bits per heavy atom. The van der Waals surface area contributed by atoms with Crippen LogP contribution < -0.4 is 0 Å². The van der Waals surface area contributed by atoms with Crippen molar-refractivity contribution >= 4 is 17.7 Å². The Morgan fingerprint density at radius 3 is 2.73 bits per heavy atom. The number of allylic oxidation sites excluding steroid dienone is 2. The van der Waals surface area contributed by atoms with Crippen LogP contribution in [0.15, 0.2) is 23.3 Å². The van der Waals surface area contributed by atoms with Crippen molar-refractivity contribution in [1.29, 1.82) is 0 Å². The number of methoxy groups -OCH3 is 1. The van der Waals surface area contributed by atoms with Crippen LogP contribution in [0.5, 0.6) is 0 Å². The van der Waals surface area contributed by atoms with Crippen LogP contribution in [0.25, 0.3) is 0 Å². The zero-order valence-corrected chi connectivity index (χ0v) is 12.7. The lowest BCUT2D eigenvalue weighted by Crippen LogP contribution is -2.39. The molecule has 0 radical (unpaired) electrons. The van der Waals surface area contributed by atoms with Crippen LogP contribution in [0, 0.1) is 11.3 Å². The number of hydrogen-bond donors (Lipinski definition) is 1. The monoisotopic (exact) mass is 305 g/mol. The molecule has 118 valence electrons. The van der Waals surface area contributed by atoms with E-state index in [4.69, 9.17) is 4.74 Å². The molecule has 0 spiro atoms. The van der Waals surface area contributed by atoms with Gasteiger partial charge in [0.1, 0.15) is 5.41 Å². The van der Waals surface area contributed by atoms with Gasteiger partial charge in [-0.05, 0) is 43.3 Å². The van der Waals surface area contributed by atoms with Crippen molar-refractivity contribution in [3.63, 3.8) is 0 Å². The molecule has 1 aliphatic heterocycles. The van der Waals surface area contributed by atoms with Crippen LogP contribution in [-0.4, -0.2) is 48.1 Å². The molecule has 0 saturated heterocycles. The average molecular weight is 305 g/mol. The molecule has 22 heavy (non-hydrogen) atoms. The van der Waals surface area contributed by atoms with Crippen LogP contribution in [0.2, 0.25) is 0 Å². The summed E-state index contributed by atoms with van der Waals surface area (Å²) in [6, 6.07) is 0. The minimum Gasteiger partial charge on any atom is -0.468 e. The maximum Gasteiger partial charge on any atom is 0.320 e. The third-order valence-corrected chi connectivity index (χ3v) is 5.07. The smallest absolute Gasteiger partial charge is 0.320 e. The zero-order chi connectivity index (χ0) is 16.1. The van der Waals surface area contributed by atoms with Crippen molar-refractivity contribution in [2.24, 2.45) is 11.3 Å². The molecule has 1 heterocycles. The molecule has 0 aromatic rings. The fourth-order valence-corrected chi connectivity index (χ4v) is 3.88. The van der Waals surface area contributed by atoms with Crippen LogP contribution in [0.3, 0.4) is 0 Å². The number of amides is 1. The second-order valence-corrected chi connectivity index (χ2v) is 6.32. The molecular formula is C16H19NO5. The number of likely N-dealkylation sites (tertiary alicyclic amines) is 1. The Labute approximate surface area is 128 Å². The summed E-state index contributed by atoms with van der Waals surface area (Å²) in [5.41, 5.74) is 0.216. The molecule has 6 heteroatoms. The van der Waals surface area contributed by atoms with Gasteiger partial charge in [0.05, 0.1) is 7.11 Å². The van der Waals surface area contributed by atoms with Crippen LogP contribution in [0.1, 0.15) is 25.7 Å². The quantitative estimate of drug-likeness (QED) is 0.608. The first-order valence-electron chi connectivity index (χ1n) is 7.37. The predicted molar refractivity (Wildman–Crippen MR) is 76.4 cm³/mol. The van der Waals surface area contributed by atoms with Gasteiger partial charge < -0.3 is 14.7 Å². The van der Waals surface area contributed by atoms with E-state index in [1.807, 2.05) is 0 Å². The highest BCUT2D eigenvalue weighted by Gasteiger charge is 2.51. The second kappa shape index (κ2) is 5.05. The number of hydrogen-bond acceptors (Lipinski definition) is 5. The number of carbonyl (C=O) groups is 3. The summed E-state index contributed by atoms with van der Waals surface area (Å²) in [6.07, 6.45) is 3.99. The van der Waals surface area contributed by atoms with Gasteiger partial charge in [0.2, 0.25) is 0 Å². The molecule has 3 atom stereocenters. The molecule has 1 amide bonds. The molecular weight excluding hydrogens is 286 g/mol. The normalized spacial score (nSPS) is 33.9. The van der Waals surface area contributed by atoms with Crippen LogP contribution in [-0.2, 0) is 19.1 Å². The fourth-order valence-electron chi connectivity index (χ4n) is 3.88. The minimum absolute atomic E-state index is 0.000231. The summed E-state index contributed by atoms with van der Waals surface area (Å²) in [5.74, 6) is -0.901. The molecule has 0 saturated carbocycles. The Bertz CT molecular complexity index is 620. The van der Waals surface area contributed by atoms with E-state index in [1.54, 1.807) is 13.1 Å². The maximum atomic E-state index is 12.2. The first-order valence-corrected chi connectivity index (χ1v) is 7.37. The molecule has 2 aliphatic carbocycles. The highest BCUT2D eigenvalue weighted by molar-refractivity contribution is 6.11. The van der Waals surface area contributed by atoms with Gasteiger partial charge in [0, 0.05) is 12.6 Å². The lowest BCUT2D eigenvalue weighted by atomic mass is 9.75. The Balaban J connectivity index is 1.77. The van der Waals surface area contributed by atoms with Crippen LogP contribution >= 0.6 is 0 Å². The van der Waals surface area contributed by atoms with Crippen molar-refractivity contribution in [2.75, 3.05) is 14.2 Å². The van der Waals surface area contributed by atoms with Gasteiger partial charge in [-0.3, -0.25) is 14.4 Å². The SMILES string of the molecule is COC(=O)C1(CC2CC3=C(C2)C(O)N(C)C3=O)CC=CC1=O. The average Bonchev–Trinajstić information content (AvgIpc) is 3.14. The molecule has 6 nitrogen and oxygen atoms in total. The number of ketones is 1. The van der Waals surface area contributed by atoms with E-state index in [0.717, 1.165) is 5.57 Å². The van der Waals surface area contributed by atoms with E-state index in [9.17, 15) is 19.5 Å². The van der Waals surface area contributed by atoms with E-state index < -0.39 is 17.6 Å². The standard InChI is InChI=1S/C16H19NO5/c1-17-13(19)10-6-9(7-11(10)14(17)20)8-16(15(21)22-2)5-3-4-12(16)18/h3-4,9,13,19H,5-8H2,1-2H3. The molecule has 3 unspecified atom stereocenters. The van der Waals surface area contributed by atoms with E-state index >= 15 is 0 Å². The summed E-state index contributed by atoms with van der Waals surface area (Å²) in [4.78, 5) is 37.7. The van der Waals surface area contributed by atoms with Gasteiger partial charge in [-0.2, -0.15) is 0 Å². The Hall–Kier alpha value is -1.95. The molecule has 0 fully saturated rings. The summed E-state index contributed by atoms with van der Waals surface area (Å²) in [7, 11) is 2.85. The van der Waals surface area contributed by atoms with E-state index in [1.165, 1.54) is 18.1 Å². The highest BCUT2D eigenvalue weighted by atomic mass is 16.5. The van der Waals surface area contributed by atoms with Gasteiger partial charge in [-0.25, -0.2) is 0 Å². The van der Waals surface area contributed by atoms with E-state index in [-0.39, 0.29) is 17.6 Å². The molecule has 3 rings (SSSR count). The van der Waals surface area contributed by atoms with Crippen molar-refractivity contribution in [3.05, 3.63) is 23.3 Å². The maximum absolute atomic E-state index is 12.2. The van der Waals surface area contributed by atoms with Gasteiger partial charge in [0.15, 0.2) is 12.0 Å². The van der Waals surface area contributed by atoms with Gasteiger partial charge >= 0.3 is 5.97 Å². The number of esters is 1. The largest absolute Gasteiger partial charge is 0.468 e. The van der Waals surface area contributed by atoms with Gasteiger partial charge in [-0.15, -0.1) is 0 Å².